The number of carboxylic acids is 1. The average molecular weight is 360 g/mol. The molecule has 1 aliphatic heterocycles. The van der Waals surface area contributed by atoms with Crippen LogP contribution >= 0.6 is 0 Å². The molecule has 0 radical (unpaired) electrons. The van der Waals surface area contributed by atoms with Gasteiger partial charge in [0, 0.05) is 6.54 Å². The Labute approximate surface area is 147 Å². The largest absolute Gasteiger partial charge is 0.478 e. The van der Waals surface area contributed by atoms with Crippen molar-refractivity contribution in [2.24, 2.45) is 0 Å². The average Bonchev–Trinajstić information content (AvgIpc) is 3.19. The maximum Gasteiger partial charge on any atom is 0.337 e. The number of nitrogens with zero attached hydrogens (tertiary/aromatic N) is 2. The molecule has 0 saturated heterocycles. The maximum absolute atomic E-state index is 12.5. The molecular weight excluding hydrogens is 344 g/mol. The molecule has 10 nitrogen and oxygen atoms in total. The molecule has 3 rings (SSSR count). The van der Waals surface area contributed by atoms with Gasteiger partial charge in [-0.25, -0.2) is 14.6 Å². The zero-order valence-corrected chi connectivity index (χ0v) is 13.8. The summed E-state index contributed by atoms with van der Waals surface area (Å²) in [7, 11) is 1.19. The van der Waals surface area contributed by atoms with E-state index in [1.165, 1.54) is 30.5 Å². The summed E-state index contributed by atoms with van der Waals surface area (Å²) in [4.78, 5) is 44.3. The summed E-state index contributed by atoms with van der Waals surface area (Å²) in [6.07, 6.45) is 1.42. The van der Waals surface area contributed by atoms with E-state index in [1.807, 2.05) is 0 Å². The Morgan fingerprint density at radius 1 is 1.42 bits per heavy atom. The maximum atomic E-state index is 12.5. The summed E-state index contributed by atoms with van der Waals surface area (Å²) in [5.74, 6) is -2.45. The minimum atomic E-state index is -1.21. The van der Waals surface area contributed by atoms with Crippen LogP contribution in [0.3, 0.4) is 0 Å². The first-order valence-electron chi connectivity index (χ1n) is 7.65. The van der Waals surface area contributed by atoms with Crippen molar-refractivity contribution < 1.29 is 29.3 Å². The van der Waals surface area contributed by atoms with Gasteiger partial charge in [-0.3, -0.25) is 4.79 Å². The highest BCUT2D eigenvalue weighted by Crippen LogP contribution is 2.27. The number of nitrogens with one attached hydrogen (secondary N) is 2. The number of aliphatic hydroxyl groups is 1. The molecule has 0 fully saturated rings. The number of carbonyl (C=O) groups excluding carboxylic acids is 2. The van der Waals surface area contributed by atoms with Crippen molar-refractivity contribution in [1.82, 2.24) is 14.9 Å². The number of aromatic amines is 1. The summed E-state index contributed by atoms with van der Waals surface area (Å²) in [5.41, 5.74) is 1.02. The van der Waals surface area contributed by atoms with Gasteiger partial charge in [-0.15, -0.1) is 0 Å². The topological polar surface area (TPSA) is 145 Å². The van der Waals surface area contributed by atoms with Gasteiger partial charge in [0.15, 0.2) is 0 Å². The molecule has 2 heterocycles. The van der Waals surface area contributed by atoms with Crippen LogP contribution in [0, 0.1) is 0 Å². The molecule has 0 atom stereocenters. The summed E-state index contributed by atoms with van der Waals surface area (Å²) in [6.45, 7) is -0.275. The molecule has 2 aromatic rings. The second-order valence-corrected chi connectivity index (χ2v) is 5.54. The Kier molecular flexibility index (Phi) is 4.59. The fourth-order valence-electron chi connectivity index (χ4n) is 2.75. The highest BCUT2D eigenvalue weighted by atomic mass is 16.5. The van der Waals surface area contributed by atoms with Crippen LogP contribution in [-0.2, 0) is 14.3 Å². The van der Waals surface area contributed by atoms with E-state index in [1.54, 1.807) is 0 Å². The number of anilines is 1. The number of aliphatic hydroxyl groups excluding tert-OH is 1. The first-order valence-corrected chi connectivity index (χ1v) is 7.65. The van der Waals surface area contributed by atoms with Crippen molar-refractivity contribution >= 4 is 34.6 Å². The first-order chi connectivity index (χ1) is 12.5. The number of aromatic carboxylic acids is 1. The smallest absolute Gasteiger partial charge is 0.337 e. The van der Waals surface area contributed by atoms with E-state index in [2.05, 4.69) is 15.3 Å². The summed E-state index contributed by atoms with van der Waals surface area (Å²) < 4.78 is 4.70. The molecule has 4 N–H and O–H groups in total. The summed E-state index contributed by atoms with van der Waals surface area (Å²) in [5, 5.41) is 21.3. The molecule has 0 unspecified atom stereocenters. The van der Waals surface area contributed by atoms with Crippen molar-refractivity contribution in [3.05, 3.63) is 35.3 Å². The van der Waals surface area contributed by atoms with Gasteiger partial charge in [0.2, 0.25) is 0 Å². The van der Waals surface area contributed by atoms with Gasteiger partial charge >= 0.3 is 11.9 Å². The number of ether oxygens (including phenoxy) is 1. The Bertz CT molecular complexity index is 932. The standard InChI is InChI=1S/C16H16N4O6/c1-26-16(25)9-6-20(2-3-21)14(22)13(9)19-10-5-12-11(17-7-18-12)4-8(10)15(23)24/h4-5,7,19,21H,2-3,6H2,1H3,(H,17,18)(H,23,24). The quantitative estimate of drug-likeness (QED) is 0.524. The lowest BCUT2D eigenvalue weighted by atomic mass is 10.1. The van der Waals surface area contributed by atoms with Crippen LogP contribution in [0.4, 0.5) is 5.69 Å². The predicted molar refractivity (Wildman–Crippen MR) is 89.4 cm³/mol. The number of fused-ring (bicyclic) bond motifs is 1. The zero-order chi connectivity index (χ0) is 18.8. The van der Waals surface area contributed by atoms with Gasteiger partial charge in [0.1, 0.15) is 5.70 Å². The lowest BCUT2D eigenvalue weighted by molar-refractivity contribution is -0.136. The van der Waals surface area contributed by atoms with Crippen LogP contribution in [0.2, 0.25) is 0 Å². The third-order valence-corrected chi connectivity index (χ3v) is 4.00. The van der Waals surface area contributed by atoms with E-state index in [0.717, 1.165) is 0 Å². The number of methoxy groups -OCH3 is 1. The molecule has 1 aromatic heterocycles. The molecule has 0 spiro atoms. The van der Waals surface area contributed by atoms with Crippen molar-refractivity contribution in [3.63, 3.8) is 0 Å². The molecule has 1 amide bonds. The van der Waals surface area contributed by atoms with E-state index in [9.17, 15) is 19.5 Å². The SMILES string of the molecule is COC(=O)C1=C(Nc2cc3nc[nH]c3cc2C(=O)O)C(=O)N(CCO)C1. The van der Waals surface area contributed by atoms with Gasteiger partial charge < -0.3 is 30.2 Å². The third-order valence-electron chi connectivity index (χ3n) is 4.00. The van der Waals surface area contributed by atoms with Crippen molar-refractivity contribution in [3.8, 4) is 0 Å². The lowest BCUT2D eigenvalue weighted by Gasteiger charge is -2.15. The Morgan fingerprint density at radius 2 is 2.19 bits per heavy atom. The molecule has 136 valence electrons. The number of rotatable bonds is 6. The fraction of sp³-hybridized carbons (Fsp3) is 0.250. The van der Waals surface area contributed by atoms with Crippen molar-refractivity contribution in [1.29, 1.82) is 0 Å². The number of carbonyl (C=O) groups is 3. The zero-order valence-electron chi connectivity index (χ0n) is 13.8. The van der Waals surface area contributed by atoms with Crippen LogP contribution in [0.5, 0.6) is 0 Å². The lowest BCUT2D eigenvalue weighted by Crippen LogP contribution is -2.31. The molecule has 0 bridgehead atoms. The number of hydrogen-bond acceptors (Lipinski definition) is 7. The van der Waals surface area contributed by atoms with Crippen LogP contribution < -0.4 is 5.32 Å². The number of benzene rings is 1. The summed E-state index contributed by atoms with van der Waals surface area (Å²) >= 11 is 0. The minimum absolute atomic E-state index is 0.0364. The summed E-state index contributed by atoms with van der Waals surface area (Å²) in [6, 6.07) is 2.86. The molecule has 1 aromatic carbocycles. The van der Waals surface area contributed by atoms with E-state index in [4.69, 9.17) is 9.84 Å². The number of β-amino-alcohol motifs (C(OH)–C–C–N with tert-alkyl or cyclic N) is 1. The molecule has 0 aliphatic carbocycles. The van der Waals surface area contributed by atoms with Gasteiger partial charge in [0.25, 0.3) is 5.91 Å². The van der Waals surface area contributed by atoms with Crippen LogP contribution in [-0.4, -0.2) is 69.7 Å². The number of imidazole rings is 1. The number of amides is 1. The highest BCUT2D eigenvalue weighted by Gasteiger charge is 2.35. The molecule has 0 saturated carbocycles. The first kappa shape index (κ1) is 17.4. The van der Waals surface area contributed by atoms with E-state index in [0.29, 0.717) is 11.0 Å². The number of hydrogen-bond donors (Lipinski definition) is 4. The van der Waals surface area contributed by atoms with Crippen LogP contribution in [0.15, 0.2) is 29.7 Å². The fourth-order valence-corrected chi connectivity index (χ4v) is 2.75. The Hall–Kier alpha value is -3.40. The van der Waals surface area contributed by atoms with Crippen LogP contribution in [0.1, 0.15) is 10.4 Å². The molecule has 10 heteroatoms. The van der Waals surface area contributed by atoms with Crippen molar-refractivity contribution in [2.45, 2.75) is 0 Å². The third kappa shape index (κ3) is 2.97. The minimum Gasteiger partial charge on any atom is -0.478 e. The van der Waals surface area contributed by atoms with E-state index >= 15 is 0 Å². The Balaban J connectivity index is 2.05. The van der Waals surface area contributed by atoms with Gasteiger partial charge in [0.05, 0.1) is 54.4 Å². The number of esters is 1. The van der Waals surface area contributed by atoms with Gasteiger partial charge in [-0.2, -0.15) is 0 Å². The van der Waals surface area contributed by atoms with E-state index < -0.39 is 17.8 Å². The molecule has 1 aliphatic rings. The van der Waals surface area contributed by atoms with Gasteiger partial charge in [-0.05, 0) is 12.1 Å². The van der Waals surface area contributed by atoms with Crippen LogP contribution in [0.25, 0.3) is 11.0 Å². The number of H-pyrrole nitrogens is 1. The van der Waals surface area contributed by atoms with Crippen molar-refractivity contribution in [2.75, 3.05) is 32.1 Å². The normalized spacial score (nSPS) is 14.2. The molecule has 26 heavy (non-hydrogen) atoms. The highest BCUT2D eigenvalue weighted by molar-refractivity contribution is 6.10. The monoisotopic (exact) mass is 360 g/mol. The number of carboxylic acid groups (broad SMARTS) is 1. The second kappa shape index (κ2) is 6.84. The molecular formula is C16H16N4O6. The number of aromatic nitrogens is 2. The Morgan fingerprint density at radius 3 is 2.85 bits per heavy atom. The second-order valence-electron chi connectivity index (χ2n) is 5.54. The predicted octanol–water partition coefficient (Wildman–Crippen LogP) is -0.0654. The van der Waals surface area contributed by atoms with E-state index in [-0.39, 0.29) is 42.2 Å². The van der Waals surface area contributed by atoms with Gasteiger partial charge in [-0.1, -0.05) is 0 Å².